The maximum atomic E-state index is 11.4. The molecule has 1 amide bonds. The highest BCUT2D eigenvalue weighted by Gasteiger charge is 2.05. The number of aliphatic hydroxyl groups excluding tert-OH is 1. The first-order chi connectivity index (χ1) is 6.74. The van der Waals surface area contributed by atoms with Gasteiger partial charge in [0.05, 0.1) is 6.10 Å². The molecule has 2 N–H and O–H groups in total. The highest BCUT2D eigenvalue weighted by molar-refractivity contribution is 5.94. The van der Waals surface area contributed by atoms with Gasteiger partial charge < -0.3 is 10.4 Å². The molecule has 74 valence electrons. The highest BCUT2D eigenvalue weighted by atomic mass is 16.3. The maximum Gasteiger partial charge on any atom is 0.251 e. The quantitative estimate of drug-likeness (QED) is 0.696. The minimum absolute atomic E-state index is 0.188. The van der Waals surface area contributed by atoms with E-state index in [0.717, 1.165) is 0 Å². The molecular formula is C11H13NO2. The molecule has 0 saturated carbocycles. The summed E-state index contributed by atoms with van der Waals surface area (Å²) < 4.78 is 0. The molecule has 0 bridgehead atoms. The van der Waals surface area contributed by atoms with E-state index in [1.54, 1.807) is 24.3 Å². The molecule has 3 nitrogen and oxygen atoms in total. The summed E-state index contributed by atoms with van der Waals surface area (Å²) in [4.78, 5) is 11.4. The van der Waals surface area contributed by atoms with Gasteiger partial charge in [0, 0.05) is 12.1 Å². The molecule has 0 aromatic heterocycles. The Morgan fingerprint density at radius 3 is 2.71 bits per heavy atom. The van der Waals surface area contributed by atoms with Crippen LogP contribution in [0.2, 0.25) is 0 Å². The fraction of sp³-hybridized carbons (Fsp3) is 0.182. The molecule has 0 saturated heterocycles. The average Bonchev–Trinajstić information content (AvgIpc) is 2.26. The molecule has 1 atom stereocenters. The van der Waals surface area contributed by atoms with Crippen LogP contribution in [0.4, 0.5) is 0 Å². The fourth-order valence-corrected chi connectivity index (χ4v) is 0.972. The van der Waals surface area contributed by atoms with Crippen LogP contribution in [0.1, 0.15) is 10.4 Å². The number of aliphatic hydroxyl groups is 1. The Balaban J connectivity index is 2.47. The first kappa shape index (κ1) is 10.5. The summed E-state index contributed by atoms with van der Waals surface area (Å²) in [6, 6.07) is 8.86. The molecule has 14 heavy (non-hydrogen) atoms. The lowest BCUT2D eigenvalue weighted by molar-refractivity contribution is 0.0932. The number of carbonyl (C=O) groups is 1. The van der Waals surface area contributed by atoms with Crippen LogP contribution in [0.25, 0.3) is 0 Å². The lowest BCUT2D eigenvalue weighted by Crippen LogP contribution is -2.30. The molecule has 1 rings (SSSR count). The van der Waals surface area contributed by atoms with Crippen LogP contribution in [0.15, 0.2) is 43.0 Å². The van der Waals surface area contributed by atoms with Gasteiger partial charge in [0.1, 0.15) is 0 Å². The standard InChI is InChI=1S/C11H13NO2/c1-2-10(13)8-12-11(14)9-6-4-3-5-7-9/h2-7,10,13H,1,8H2,(H,12,14). The van der Waals surface area contributed by atoms with Crippen molar-refractivity contribution < 1.29 is 9.90 Å². The molecule has 0 heterocycles. The molecule has 0 spiro atoms. The Bertz CT molecular complexity index is 308. The zero-order chi connectivity index (χ0) is 10.4. The van der Waals surface area contributed by atoms with Gasteiger partial charge in [0.25, 0.3) is 5.91 Å². The molecule has 1 unspecified atom stereocenters. The third-order valence-electron chi connectivity index (χ3n) is 1.78. The van der Waals surface area contributed by atoms with E-state index < -0.39 is 6.10 Å². The van der Waals surface area contributed by atoms with Crippen molar-refractivity contribution in [3.05, 3.63) is 48.6 Å². The van der Waals surface area contributed by atoms with Crippen LogP contribution >= 0.6 is 0 Å². The van der Waals surface area contributed by atoms with Crippen molar-refractivity contribution in [2.45, 2.75) is 6.10 Å². The Hall–Kier alpha value is -1.61. The summed E-state index contributed by atoms with van der Waals surface area (Å²) in [5, 5.41) is 11.7. The number of hydrogen-bond acceptors (Lipinski definition) is 2. The van der Waals surface area contributed by atoms with E-state index in [1.807, 2.05) is 6.07 Å². The fourth-order valence-electron chi connectivity index (χ4n) is 0.972. The van der Waals surface area contributed by atoms with Crippen molar-refractivity contribution >= 4 is 5.91 Å². The monoisotopic (exact) mass is 191 g/mol. The maximum absolute atomic E-state index is 11.4. The van der Waals surface area contributed by atoms with Crippen molar-refractivity contribution in [1.29, 1.82) is 0 Å². The van der Waals surface area contributed by atoms with Gasteiger partial charge in [-0.2, -0.15) is 0 Å². The first-order valence-corrected chi connectivity index (χ1v) is 4.38. The molecule has 1 aromatic carbocycles. The van der Waals surface area contributed by atoms with E-state index in [9.17, 15) is 4.79 Å². The van der Waals surface area contributed by atoms with Crippen molar-refractivity contribution in [1.82, 2.24) is 5.32 Å². The predicted octanol–water partition coefficient (Wildman–Crippen LogP) is 0.963. The summed E-state index contributed by atoms with van der Waals surface area (Å²) in [6.07, 6.45) is 0.688. The number of rotatable bonds is 4. The number of benzene rings is 1. The van der Waals surface area contributed by atoms with Crippen LogP contribution in [0.3, 0.4) is 0 Å². The Labute approximate surface area is 83.1 Å². The SMILES string of the molecule is C=CC(O)CNC(=O)c1ccccc1. The predicted molar refractivity (Wildman–Crippen MR) is 55.0 cm³/mol. The summed E-state index contributed by atoms with van der Waals surface area (Å²) in [6.45, 7) is 3.60. The van der Waals surface area contributed by atoms with Gasteiger partial charge >= 0.3 is 0 Å². The van der Waals surface area contributed by atoms with Gasteiger partial charge in [-0.15, -0.1) is 6.58 Å². The summed E-state index contributed by atoms with van der Waals surface area (Å²) >= 11 is 0. The molecule has 1 aromatic rings. The average molecular weight is 191 g/mol. The number of hydrogen-bond donors (Lipinski definition) is 2. The van der Waals surface area contributed by atoms with Gasteiger partial charge in [-0.05, 0) is 12.1 Å². The second-order valence-electron chi connectivity index (χ2n) is 2.88. The largest absolute Gasteiger partial charge is 0.387 e. The van der Waals surface area contributed by atoms with E-state index >= 15 is 0 Å². The van der Waals surface area contributed by atoms with E-state index in [2.05, 4.69) is 11.9 Å². The van der Waals surface area contributed by atoms with Crippen molar-refractivity contribution in [2.75, 3.05) is 6.54 Å². The molecule has 0 aliphatic heterocycles. The topological polar surface area (TPSA) is 49.3 Å². The molecular weight excluding hydrogens is 178 g/mol. The lowest BCUT2D eigenvalue weighted by atomic mass is 10.2. The highest BCUT2D eigenvalue weighted by Crippen LogP contribution is 1.97. The Morgan fingerprint density at radius 2 is 2.14 bits per heavy atom. The molecule has 0 fully saturated rings. The Morgan fingerprint density at radius 1 is 1.50 bits per heavy atom. The molecule has 0 radical (unpaired) electrons. The van der Waals surface area contributed by atoms with Gasteiger partial charge in [-0.25, -0.2) is 0 Å². The smallest absolute Gasteiger partial charge is 0.251 e. The number of amides is 1. The molecule has 0 aliphatic carbocycles. The van der Waals surface area contributed by atoms with Crippen LogP contribution in [0, 0.1) is 0 Å². The first-order valence-electron chi connectivity index (χ1n) is 4.38. The van der Waals surface area contributed by atoms with E-state index in [1.165, 1.54) is 6.08 Å². The van der Waals surface area contributed by atoms with Gasteiger partial charge in [0.2, 0.25) is 0 Å². The van der Waals surface area contributed by atoms with E-state index in [4.69, 9.17) is 5.11 Å². The van der Waals surface area contributed by atoms with E-state index in [0.29, 0.717) is 5.56 Å². The van der Waals surface area contributed by atoms with Crippen LogP contribution in [0.5, 0.6) is 0 Å². The van der Waals surface area contributed by atoms with Crippen molar-refractivity contribution in [2.24, 2.45) is 0 Å². The normalized spacial score (nSPS) is 11.8. The van der Waals surface area contributed by atoms with Crippen LogP contribution in [-0.2, 0) is 0 Å². The Kier molecular flexibility index (Phi) is 3.88. The number of nitrogens with one attached hydrogen (secondary N) is 1. The van der Waals surface area contributed by atoms with E-state index in [-0.39, 0.29) is 12.5 Å². The third kappa shape index (κ3) is 3.03. The minimum Gasteiger partial charge on any atom is -0.387 e. The lowest BCUT2D eigenvalue weighted by Gasteiger charge is -2.07. The summed E-state index contributed by atoms with van der Waals surface area (Å²) in [5.74, 6) is -0.188. The van der Waals surface area contributed by atoms with Gasteiger partial charge in [-0.3, -0.25) is 4.79 Å². The second kappa shape index (κ2) is 5.19. The molecule has 3 heteroatoms. The second-order valence-corrected chi connectivity index (χ2v) is 2.88. The zero-order valence-electron chi connectivity index (χ0n) is 7.81. The van der Waals surface area contributed by atoms with Gasteiger partial charge in [-0.1, -0.05) is 24.3 Å². The molecule has 0 aliphatic rings. The van der Waals surface area contributed by atoms with Crippen molar-refractivity contribution in [3.8, 4) is 0 Å². The minimum atomic E-state index is -0.692. The third-order valence-corrected chi connectivity index (χ3v) is 1.78. The van der Waals surface area contributed by atoms with Crippen LogP contribution < -0.4 is 5.32 Å². The summed E-state index contributed by atoms with van der Waals surface area (Å²) in [7, 11) is 0. The van der Waals surface area contributed by atoms with Gasteiger partial charge in [0.15, 0.2) is 0 Å². The van der Waals surface area contributed by atoms with Crippen LogP contribution in [-0.4, -0.2) is 23.7 Å². The van der Waals surface area contributed by atoms with Crippen molar-refractivity contribution in [3.63, 3.8) is 0 Å². The zero-order valence-corrected chi connectivity index (χ0v) is 7.81. The summed E-state index contributed by atoms with van der Waals surface area (Å²) in [5.41, 5.74) is 0.587. The number of carbonyl (C=O) groups excluding carboxylic acids is 1.